The number of fused-ring (bicyclic) bond motifs is 2. The Morgan fingerprint density at radius 2 is 1.00 bits per heavy atom. The summed E-state index contributed by atoms with van der Waals surface area (Å²) in [7, 11) is -0.836. The van der Waals surface area contributed by atoms with Gasteiger partial charge < -0.3 is 9.47 Å². The summed E-state index contributed by atoms with van der Waals surface area (Å²) in [5.74, 6) is 1.78. The quantitative estimate of drug-likeness (QED) is 0.210. The molecule has 4 rings (SSSR count). The van der Waals surface area contributed by atoms with Gasteiger partial charge in [0.25, 0.3) is 0 Å². The van der Waals surface area contributed by atoms with Gasteiger partial charge in [0.2, 0.25) is 0 Å². The lowest BCUT2D eigenvalue weighted by molar-refractivity contribution is 0.337. The van der Waals surface area contributed by atoms with Gasteiger partial charge in [-0.3, -0.25) is 0 Å². The lowest BCUT2D eigenvalue weighted by atomic mass is 9.91. The molecule has 4 aromatic rings. The van der Waals surface area contributed by atoms with E-state index >= 15 is 0 Å². The first-order chi connectivity index (χ1) is 17.4. The Bertz CT molecular complexity index is 1310. The zero-order valence-electron chi connectivity index (χ0n) is 22.3. The molecule has 0 aliphatic heterocycles. The minimum absolute atomic E-state index is 0.418. The lowest BCUT2D eigenvalue weighted by Gasteiger charge is -2.19. The van der Waals surface area contributed by atoms with Crippen molar-refractivity contribution in [2.24, 2.45) is 0 Å². The molecule has 0 unspecified atom stereocenters. The summed E-state index contributed by atoms with van der Waals surface area (Å²) in [6.45, 7) is 14.5. The topological polar surface area (TPSA) is 18.5 Å². The molecule has 2 nitrogen and oxygen atoms in total. The molecule has 0 fully saturated rings. The molecule has 0 heterocycles. The van der Waals surface area contributed by atoms with Gasteiger partial charge >= 0.3 is 0 Å². The van der Waals surface area contributed by atoms with E-state index in [2.05, 4.69) is 110 Å². The van der Waals surface area contributed by atoms with Crippen molar-refractivity contribution in [3.8, 4) is 22.6 Å². The Hall–Kier alpha value is -3.09. The highest BCUT2D eigenvalue weighted by molar-refractivity contribution is 6.62. The summed E-state index contributed by atoms with van der Waals surface area (Å²) < 4.78 is 12.4. The number of hydrogen-bond donors (Lipinski definition) is 0. The van der Waals surface area contributed by atoms with Crippen molar-refractivity contribution < 1.29 is 9.47 Å². The molecule has 0 bridgehead atoms. The van der Waals surface area contributed by atoms with Crippen LogP contribution in [0.4, 0.5) is 0 Å². The van der Waals surface area contributed by atoms with Crippen LogP contribution in [0.1, 0.15) is 25.0 Å². The van der Waals surface area contributed by atoms with E-state index in [0.717, 1.165) is 22.6 Å². The second-order valence-corrected chi connectivity index (χ2v) is 14.5. The average molecular weight is 509 g/mol. The van der Waals surface area contributed by atoms with E-state index in [4.69, 9.17) is 9.47 Å². The van der Waals surface area contributed by atoms with E-state index in [0.29, 0.717) is 13.2 Å². The normalized spacial score (nSPS) is 12.1. The Morgan fingerprint density at radius 1 is 0.583 bits per heavy atom. The average Bonchev–Trinajstić information content (AvgIpc) is 2.86. The van der Waals surface area contributed by atoms with Gasteiger partial charge in [-0.2, -0.15) is 0 Å². The van der Waals surface area contributed by atoms with Crippen LogP contribution in [-0.2, 0) is 0 Å². The smallest absolute Gasteiger partial charge is 0.127 e. The maximum Gasteiger partial charge on any atom is 0.127 e. The van der Waals surface area contributed by atoms with Crippen molar-refractivity contribution in [1.29, 1.82) is 0 Å². The third-order valence-corrected chi connectivity index (χ3v) is 7.75. The van der Waals surface area contributed by atoms with Crippen LogP contribution in [-0.4, -0.2) is 30.8 Å². The van der Waals surface area contributed by atoms with E-state index in [1.54, 1.807) is 0 Å². The predicted molar refractivity (Wildman–Crippen MR) is 162 cm³/mol. The highest BCUT2D eigenvalue weighted by Gasteiger charge is 2.19. The fourth-order valence-electron chi connectivity index (χ4n) is 4.46. The van der Waals surface area contributed by atoms with Gasteiger partial charge in [0.15, 0.2) is 0 Å². The first-order valence-corrected chi connectivity index (χ1v) is 17.9. The number of benzene rings is 4. The third-order valence-electron chi connectivity index (χ3n) is 6.08. The van der Waals surface area contributed by atoms with Crippen molar-refractivity contribution >= 4 is 51.3 Å². The number of rotatable bonds is 9. The molecule has 4 heteroatoms. The summed E-state index contributed by atoms with van der Waals surface area (Å²) in [5, 5.41) is 4.77. The molecule has 0 saturated carbocycles. The fourth-order valence-corrected chi connectivity index (χ4v) is 5.51. The highest BCUT2D eigenvalue weighted by atomic mass is 28.3. The molecule has 0 atom stereocenters. The van der Waals surface area contributed by atoms with Gasteiger partial charge in [-0.1, -0.05) is 86.1 Å². The van der Waals surface area contributed by atoms with E-state index < -0.39 is 17.6 Å². The Labute approximate surface area is 219 Å². The highest BCUT2D eigenvalue weighted by Crippen LogP contribution is 2.46. The van der Waals surface area contributed by atoms with Crippen molar-refractivity contribution in [3.05, 3.63) is 83.2 Å². The molecule has 0 saturated heterocycles. The van der Waals surface area contributed by atoms with Crippen LogP contribution in [0, 0.1) is 0 Å². The molecule has 0 amide bonds. The summed E-state index contributed by atoms with van der Waals surface area (Å²) in [6, 6.07) is 22.0. The first kappa shape index (κ1) is 26.0. The Balaban J connectivity index is 1.99. The number of hydrogen-bond acceptors (Lipinski definition) is 2. The maximum absolute atomic E-state index is 6.21. The van der Waals surface area contributed by atoms with Crippen LogP contribution in [0.5, 0.6) is 11.5 Å². The minimum Gasteiger partial charge on any atom is -0.493 e. The molecule has 4 aromatic carbocycles. The third kappa shape index (κ3) is 5.82. The van der Waals surface area contributed by atoms with Crippen LogP contribution >= 0.6 is 0 Å². The van der Waals surface area contributed by atoms with Crippen molar-refractivity contribution in [2.75, 3.05) is 13.2 Å². The van der Waals surface area contributed by atoms with Crippen molar-refractivity contribution in [3.63, 3.8) is 0 Å². The molecule has 0 aliphatic rings. The van der Waals surface area contributed by atoms with Crippen molar-refractivity contribution in [2.45, 2.75) is 40.0 Å². The van der Waals surface area contributed by atoms with Gasteiger partial charge in [0.05, 0.1) is 30.8 Å². The van der Waals surface area contributed by atoms with Crippen molar-refractivity contribution in [1.82, 2.24) is 0 Å². The van der Waals surface area contributed by atoms with E-state index in [-0.39, 0.29) is 0 Å². The van der Waals surface area contributed by atoms with E-state index in [1.165, 1.54) is 32.7 Å². The van der Waals surface area contributed by atoms with E-state index in [9.17, 15) is 0 Å². The molecule has 2 radical (unpaired) electrons. The molecule has 36 heavy (non-hydrogen) atoms. The predicted octanol–water partition coefficient (Wildman–Crippen LogP) is 9.07. The van der Waals surface area contributed by atoms with Crippen LogP contribution in [0.15, 0.2) is 72.1 Å². The molecule has 0 spiro atoms. The molecule has 184 valence electrons. The standard InChI is InChI=1S/C32H36O2Si2/c1-7-33-29-15-11-25-21-23(17-19-35(3)4)9-13-27(25)31(29)32-28-14-10-24(18-20-36(5)6)22-26(28)12-16-30(32)34-8-2/h9-22H,7-8H2,1-6H3/b19-17-,20-18+. The largest absolute Gasteiger partial charge is 0.493 e. The fraction of sp³-hybridized carbons (Fsp3) is 0.250. The molecular formula is C32H36O2Si2. The van der Waals surface area contributed by atoms with Gasteiger partial charge in [-0.05, 0) is 70.8 Å². The summed E-state index contributed by atoms with van der Waals surface area (Å²) >= 11 is 0. The second-order valence-electron chi connectivity index (χ2n) is 9.53. The van der Waals surface area contributed by atoms with Gasteiger partial charge in [-0.25, -0.2) is 0 Å². The van der Waals surface area contributed by atoms with E-state index in [1.807, 2.05) is 13.8 Å². The van der Waals surface area contributed by atoms with Gasteiger partial charge in [0, 0.05) is 11.1 Å². The zero-order chi connectivity index (χ0) is 25.7. The van der Waals surface area contributed by atoms with Crippen LogP contribution in [0.3, 0.4) is 0 Å². The summed E-state index contributed by atoms with van der Waals surface area (Å²) in [6.07, 6.45) is 4.50. The monoisotopic (exact) mass is 508 g/mol. The first-order valence-electron chi connectivity index (χ1n) is 12.8. The molecule has 0 aromatic heterocycles. The van der Waals surface area contributed by atoms with Crippen LogP contribution in [0.2, 0.25) is 26.2 Å². The molecule has 0 aliphatic carbocycles. The van der Waals surface area contributed by atoms with Gasteiger partial charge in [-0.15, -0.1) is 0 Å². The van der Waals surface area contributed by atoms with Crippen LogP contribution < -0.4 is 9.47 Å². The molecular weight excluding hydrogens is 473 g/mol. The Kier molecular flexibility index (Phi) is 8.49. The summed E-state index contributed by atoms with van der Waals surface area (Å²) in [5.41, 5.74) is 9.35. The SMILES string of the molecule is CCOc1ccc2cc(/C=C\[Si](C)C)ccc2c1-c1c(OCC)ccc2cc(/C=C/[Si](C)C)ccc12. The Morgan fingerprint density at radius 3 is 1.36 bits per heavy atom. The second kappa shape index (κ2) is 11.8. The zero-order valence-corrected chi connectivity index (χ0v) is 24.3. The summed E-state index contributed by atoms with van der Waals surface area (Å²) in [4.78, 5) is 0. The minimum atomic E-state index is -0.418. The van der Waals surface area contributed by atoms with Gasteiger partial charge in [0.1, 0.15) is 11.5 Å². The number of ether oxygens (including phenoxy) is 2. The maximum atomic E-state index is 6.21. The lowest BCUT2D eigenvalue weighted by Crippen LogP contribution is -1.99. The molecule has 0 N–H and O–H groups in total. The van der Waals surface area contributed by atoms with Crippen LogP contribution in [0.25, 0.3) is 44.8 Å².